The molecule has 0 aliphatic carbocycles. The van der Waals surface area contributed by atoms with Gasteiger partial charge in [0.15, 0.2) is 0 Å². The van der Waals surface area contributed by atoms with Gasteiger partial charge in [-0.25, -0.2) is 0 Å². The van der Waals surface area contributed by atoms with Crippen LogP contribution in [0.1, 0.15) is 43.0 Å². The summed E-state index contributed by atoms with van der Waals surface area (Å²) in [4.78, 5) is 37.4. The number of hydrogen-bond donors (Lipinski definition) is 1. The SMILES string of the molecule is CCOC(=O)CCC(=O)NC1CCN(C(=O)c2ccc(Br)cc2)CC1. The maximum atomic E-state index is 12.5. The maximum Gasteiger partial charge on any atom is 0.306 e. The zero-order chi connectivity index (χ0) is 18.2. The summed E-state index contributed by atoms with van der Waals surface area (Å²) in [5.41, 5.74) is 0.667. The summed E-state index contributed by atoms with van der Waals surface area (Å²) in [6, 6.07) is 7.35. The van der Waals surface area contributed by atoms with Crippen LogP contribution >= 0.6 is 15.9 Å². The summed E-state index contributed by atoms with van der Waals surface area (Å²) in [5.74, 6) is -0.488. The average Bonchev–Trinajstić information content (AvgIpc) is 2.61. The van der Waals surface area contributed by atoms with Gasteiger partial charge in [-0.1, -0.05) is 15.9 Å². The van der Waals surface area contributed by atoms with Crippen molar-refractivity contribution in [3.05, 3.63) is 34.3 Å². The Morgan fingerprint density at radius 3 is 2.40 bits per heavy atom. The monoisotopic (exact) mass is 410 g/mol. The molecule has 1 saturated heterocycles. The number of nitrogens with zero attached hydrogens (tertiary/aromatic N) is 1. The van der Waals surface area contributed by atoms with Gasteiger partial charge in [0.1, 0.15) is 0 Å². The summed E-state index contributed by atoms with van der Waals surface area (Å²) >= 11 is 3.36. The molecule has 0 atom stereocenters. The van der Waals surface area contributed by atoms with Crippen LogP contribution < -0.4 is 5.32 Å². The highest BCUT2D eigenvalue weighted by molar-refractivity contribution is 9.10. The first-order valence-electron chi connectivity index (χ1n) is 8.49. The third-order valence-electron chi connectivity index (χ3n) is 4.10. The van der Waals surface area contributed by atoms with E-state index in [1.165, 1.54) is 0 Å². The third kappa shape index (κ3) is 6.16. The summed E-state index contributed by atoms with van der Waals surface area (Å²) in [5, 5.41) is 2.93. The number of nitrogens with one attached hydrogen (secondary N) is 1. The lowest BCUT2D eigenvalue weighted by molar-refractivity contribution is -0.144. The Hall–Kier alpha value is -1.89. The normalized spacial score (nSPS) is 14.9. The van der Waals surface area contributed by atoms with Crippen molar-refractivity contribution in [2.45, 2.75) is 38.6 Å². The van der Waals surface area contributed by atoms with Gasteiger partial charge in [0.25, 0.3) is 5.91 Å². The second-order valence-corrected chi connectivity index (χ2v) is 6.86. The van der Waals surface area contributed by atoms with Gasteiger partial charge in [0, 0.05) is 35.6 Å². The maximum absolute atomic E-state index is 12.5. The molecule has 0 aromatic heterocycles. The molecule has 1 aromatic rings. The van der Waals surface area contributed by atoms with E-state index in [1.807, 2.05) is 17.0 Å². The van der Waals surface area contributed by atoms with Crippen LogP contribution in [-0.4, -0.2) is 48.4 Å². The quantitative estimate of drug-likeness (QED) is 0.730. The fourth-order valence-electron chi connectivity index (χ4n) is 2.75. The lowest BCUT2D eigenvalue weighted by Crippen LogP contribution is -2.46. The zero-order valence-corrected chi connectivity index (χ0v) is 15.9. The molecule has 25 heavy (non-hydrogen) atoms. The van der Waals surface area contributed by atoms with Crippen LogP contribution in [-0.2, 0) is 14.3 Å². The molecule has 0 saturated carbocycles. The summed E-state index contributed by atoms with van der Waals surface area (Å²) in [6.45, 7) is 3.28. The van der Waals surface area contributed by atoms with E-state index in [0.717, 1.165) is 4.47 Å². The van der Waals surface area contributed by atoms with Crippen LogP contribution in [0.15, 0.2) is 28.7 Å². The Bertz CT molecular complexity index is 610. The zero-order valence-electron chi connectivity index (χ0n) is 14.3. The number of esters is 1. The number of piperidine rings is 1. The largest absolute Gasteiger partial charge is 0.466 e. The Labute approximate surface area is 156 Å². The molecule has 7 heteroatoms. The number of ether oxygens (including phenoxy) is 1. The molecule has 1 heterocycles. The van der Waals surface area contributed by atoms with E-state index >= 15 is 0 Å². The molecule has 0 unspecified atom stereocenters. The number of carbonyl (C=O) groups is 3. The first-order valence-corrected chi connectivity index (χ1v) is 9.28. The number of benzene rings is 1. The molecular formula is C18H23BrN2O4. The number of amides is 2. The summed E-state index contributed by atoms with van der Waals surface area (Å²) < 4.78 is 5.74. The van der Waals surface area contributed by atoms with E-state index < -0.39 is 0 Å². The molecule has 0 spiro atoms. The third-order valence-corrected chi connectivity index (χ3v) is 4.63. The minimum absolute atomic E-state index is 0.0135. The highest BCUT2D eigenvalue weighted by Gasteiger charge is 2.24. The van der Waals surface area contributed by atoms with Crippen molar-refractivity contribution in [2.24, 2.45) is 0 Å². The highest BCUT2D eigenvalue weighted by atomic mass is 79.9. The van der Waals surface area contributed by atoms with Gasteiger partial charge in [0.05, 0.1) is 13.0 Å². The molecule has 2 amide bonds. The molecule has 136 valence electrons. The molecule has 1 aliphatic rings. The van der Waals surface area contributed by atoms with Crippen LogP contribution in [0.2, 0.25) is 0 Å². The smallest absolute Gasteiger partial charge is 0.306 e. The van der Waals surface area contributed by atoms with Gasteiger partial charge >= 0.3 is 5.97 Å². The van der Waals surface area contributed by atoms with Gasteiger partial charge < -0.3 is 15.0 Å². The van der Waals surface area contributed by atoms with Crippen molar-refractivity contribution in [2.75, 3.05) is 19.7 Å². The minimum atomic E-state index is -0.354. The number of carbonyl (C=O) groups excluding carboxylic acids is 3. The minimum Gasteiger partial charge on any atom is -0.466 e. The van der Waals surface area contributed by atoms with Gasteiger partial charge in [-0.05, 0) is 44.0 Å². The van der Waals surface area contributed by atoms with Crippen molar-refractivity contribution in [1.29, 1.82) is 0 Å². The lowest BCUT2D eigenvalue weighted by Gasteiger charge is -2.32. The standard InChI is InChI=1S/C18H23BrN2O4/c1-2-25-17(23)8-7-16(22)20-15-9-11-21(12-10-15)18(24)13-3-5-14(19)6-4-13/h3-6,15H,2,7-12H2,1H3,(H,20,22). The van der Waals surface area contributed by atoms with Crippen LogP contribution in [0.25, 0.3) is 0 Å². The molecule has 1 aromatic carbocycles. The van der Waals surface area contributed by atoms with Crippen LogP contribution in [0.4, 0.5) is 0 Å². The van der Waals surface area contributed by atoms with Gasteiger partial charge in [-0.2, -0.15) is 0 Å². The first kappa shape index (κ1) is 19.4. The summed E-state index contributed by atoms with van der Waals surface area (Å²) in [6.07, 6.45) is 1.66. The van der Waals surface area contributed by atoms with E-state index in [0.29, 0.717) is 38.1 Å². The molecule has 6 nitrogen and oxygen atoms in total. The Morgan fingerprint density at radius 1 is 1.16 bits per heavy atom. The van der Waals surface area contributed by atoms with Gasteiger partial charge in [-0.15, -0.1) is 0 Å². The second-order valence-electron chi connectivity index (χ2n) is 5.95. The van der Waals surface area contributed by atoms with Crippen molar-refractivity contribution in [1.82, 2.24) is 10.2 Å². The number of halogens is 1. The van der Waals surface area contributed by atoms with Crippen molar-refractivity contribution in [3.63, 3.8) is 0 Å². The molecule has 1 fully saturated rings. The second kappa shape index (κ2) is 9.56. The molecule has 1 aliphatic heterocycles. The van der Waals surface area contributed by atoms with E-state index in [-0.39, 0.29) is 36.7 Å². The average molecular weight is 411 g/mol. The number of likely N-dealkylation sites (tertiary alicyclic amines) is 1. The van der Waals surface area contributed by atoms with Crippen molar-refractivity contribution < 1.29 is 19.1 Å². The van der Waals surface area contributed by atoms with E-state index in [9.17, 15) is 14.4 Å². The van der Waals surface area contributed by atoms with Crippen LogP contribution in [0.5, 0.6) is 0 Å². The van der Waals surface area contributed by atoms with Gasteiger partial charge in [-0.3, -0.25) is 14.4 Å². The molecule has 0 radical (unpaired) electrons. The molecule has 0 bridgehead atoms. The van der Waals surface area contributed by atoms with Crippen molar-refractivity contribution >= 4 is 33.7 Å². The topological polar surface area (TPSA) is 75.7 Å². The Kier molecular flexibility index (Phi) is 7.43. The van der Waals surface area contributed by atoms with Crippen LogP contribution in [0.3, 0.4) is 0 Å². The fourth-order valence-corrected chi connectivity index (χ4v) is 3.01. The van der Waals surface area contributed by atoms with Gasteiger partial charge in [0.2, 0.25) is 5.91 Å². The molecule has 2 rings (SSSR count). The van der Waals surface area contributed by atoms with E-state index in [4.69, 9.17) is 4.74 Å². The fraction of sp³-hybridized carbons (Fsp3) is 0.500. The Morgan fingerprint density at radius 2 is 1.80 bits per heavy atom. The van der Waals surface area contributed by atoms with Crippen molar-refractivity contribution in [3.8, 4) is 0 Å². The predicted molar refractivity (Wildman–Crippen MR) is 97.1 cm³/mol. The van der Waals surface area contributed by atoms with E-state index in [2.05, 4.69) is 21.2 Å². The lowest BCUT2D eigenvalue weighted by atomic mass is 10.0. The number of rotatable bonds is 6. The van der Waals surface area contributed by atoms with E-state index in [1.54, 1.807) is 19.1 Å². The highest BCUT2D eigenvalue weighted by Crippen LogP contribution is 2.16. The molecular weight excluding hydrogens is 388 g/mol. The Balaban J connectivity index is 1.74. The predicted octanol–water partition coefficient (Wildman–Crippen LogP) is 2.51. The summed E-state index contributed by atoms with van der Waals surface area (Å²) in [7, 11) is 0. The number of hydrogen-bond acceptors (Lipinski definition) is 4. The molecule has 1 N–H and O–H groups in total. The first-order chi connectivity index (χ1) is 12.0. The van der Waals surface area contributed by atoms with Crippen LogP contribution in [0, 0.1) is 0 Å².